The lowest BCUT2D eigenvalue weighted by Crippen LogP contribution is -2.14. The van der Waals surface area contributed by atoms with E-state index in [0.29, 0.717) is 0 Å². The molecule has 0 aliphatic carbocycles. The first-order valence-corrected chi connectivity index (χ1v) is 4.51. The van der Waals surface area contributed by atoms with Gasteiger partial charge in [0.05, 0.1) is 6.07 Å². The molecule has 1 atom stereocenters. The minimum atomic E-state index is 0.741. The first-order valence-electron chi connectivity index (χ1n) is 4.51. The largest absolute Gasteiger partial charge is 0.317 e. The summed E-state index contributed by atoms with van der Waals surface area (Å²) in [6.45, 7) is 2.32. The van der Waals surface area contributed by atoms with Gasteiger partial charge in [0.25, 0.3) is 0 Å². The van der Waals surface area contributed by atoms with Gasteiger partial charge in [-0.2, -0.15) is 5.26 Å². The van der Waals surface area contributed by atoms with E-state index in [1.54, 1.807) is 0 Å². The Balaban J connectivity index is 2.15. The van der Waals surface area contributed by atoms with Crippen molar-refractivity contribution in [3.63, 3.8) is 0 Å². The predicted octanol–water partition coefficient (Wildman–Crippen LogP) is 1.68. The van der Waals surface area contributed by atoms with Crippen LogP contribution >= 0.6 is 0 Å². The highest BCUT2D eigenvalue weighted by Crippen LogP contribution is 2.18. The molecule has 0 bridgehead atoms. The molecule has 0 radical (unpaired) electrons. The van der Waals surface area contributed by atoms with Crippen molar-refractivity contribution >= 4 is 0 Å². The van der Waals surface area contributed by atoms with E-state index in [1.165, 1.54) is 25.8 Å². The molecule has 62 valence electrons. The Morgan fingerprint density at radius 1 is 1.36 bits per heavy atom. The average molecular weight is 152 g/mol. The molecule has 2 heteroatoms. The second-order valence-corrected chi connectivity index (χ2v) is 3.24. The molecule has 1 aliphatic rings. The molecule has 1 N–H and O–H groups in total. The summed E-state index contributed by atoms with van der Waals surface area (Å²) in [4.78, 5) is 0. The van der Waals surface area contributed by atoms with Gasteiger partial charge in [-0.25, -0.2) is 0 Å². The molecule has 1 saturated heterocycles. The van der Waals surface area contributed by atoms with Crippen molar-refractivity contribution < 1.29 is 0 Å². The Labute approximate surface area is 68.6 Å². The SMILES string of the molecule is N#CCCC1CCCNCC1. The van der Waals surface area contributed by atoms with Crippen LogP contribution in [0.5, 0.6) is 0 Å². The third-order valence-electron chi connectivity index (χ3n) is 2.36. The zero-order valence-corrected chi connectivity index (χ0v) is 6.97. The van der Waals surface area contributed by atoms with Gasteiger partial charge in [0.2, 0.25) is 0 Å². The summed E-state index contributed by atoms with van der Waals surface area (Å²) >= 11 is 0. The highest BCUT2D eigenvalue weighted by atomic mass is 14.8. The fraction of sp³-hybridized carbons (Fsp3) is 0.889. The molecule has 0 amide bonds. The van der Waals surface area contributed by atoms with Gasteiger partial charge in [0.1, 0.15) is 0 Å². The maximum atomic E-state index is 8.40. The third-order valence-corrected chi connectivity index (χ3v) is 2.36. The Kier molecular flexibility index (Phi) is 4.00. The Morgan fingerprint density at radius 3 is 3.09 bits per heavy atom. The number of nitriles is 1. The number of hydrogen-bond acceptors (Lipinski definition) is 2. The molecule has 1 aliphatic heterocycles. The van der Waals surface area contributed by atoms with Gasteiger partial charge in [-0.15, -0.1) is 0 Å². The number of nitrogens with zero attached hydrogens (tertiary/aromatic N) is 1. The van der Waals surface area contributed by atoms with Crippen molar-refractivity contribution in [1.82, 2.24) is 5.32 Å². The first-order chi connectivity index (χ1) is 5.43. The van der Waals surface area contributed by atoms with Crippen LogP contribution in [0, 0.1) is 17.2 Å². The standard InChI is InChI=1S/C9H16N2/c10-6-1-3-9-4-2-7-11-8-5-9/h9,11H,1-5,7-8H2. The second-order valence-electron chi connectivity index (χ2n) is 3.24. The fourth-order valence-corrected chi connectivity index (χ4v) is 1.65. The summed E-state index contributed by atoms with van der Waals surface area (Å²) in [5.41, 5.74) is 0. The summed E-state index contributed by atoms with van der Waals surface area (Å²) in [5.74, 6) is 0.810. The van der Waals surface area contributed by atoms with Crippen LogP contribution in [0.25, 0.3) is 0 Å². The lowest BCUT2D eigenvalue weighted by atomic mass is 9.96. The highest BCUT2D eigenvalue weighted by molar-refractivity contribution is 4.74. The van der Waals surface area contributed by atoms with Crippen molar-refractivity contribution in [2.24, 2.45) is 5.92 Å². The molecule has 0 aromatic heterocycles. The van der Waals surface area contributed by atoms with Gasteiger partial charge in [-0.3, -0.25) is 0 Å². The van der Waals surface area contributed by atoms with Gasteiger partial charge in [-0.05, 0) is 44.7 Å². The Morgan fingerprint density at radius 2 is 2.27 bits per heavy atom. The minimum Gasteiger partial charge on any atom is -0.317 e. The van der Waals surface area contributed by atoms with Crippen LogP contribution in [0.4, 0.5) is 0 Å². The predicted molar refractivity (Wildman–Crippen MR) is 45.1 cm³/mol. The molecule has 0 saturated carbocycles. The van der Waals surface area contributed by atoms with Crippen molar-refractivity contribution in [2.75, 3.05) is 13.1 Å². The van der Waals surface area contributed by atoms with Gasteiger partial charge in [0, 0.05) is 6.42 Å². The molecule has 1 rings (SSSR count). The topological polar surface area (TPSA) is 35.8 Å². The van der Waals surface area contributed by atoms with Crippen LogP contribution < -0.4 is 5.32 Å². The van der Waals surface area contributed by atoms with Gasteiger partial charge in [0.15, 0.2) is 0 Å². The first kappa shape index (κ1) is 8.55. The summed E-state index contributed by atoms with van der Waals surface area (Å²) < 4.78 is 0. The maximum absolute atomic E-state index is 8.40. The molecule has 11 heavy (non-hydrogen) atoms. The summed E-state index contributed by atoms with van der Waals surface area (Å²) in [7, 11) is 0. The van der Waals surface area contributed by atoms with E-state index < -0.39 is 0 Å². The van der Waals surface area contributed by atoms with Crippen molar-refractivity contribution in [2.45, 2.75) is 32.1 Å². The maximum Gasteiger partial charge on any atom is 0.0621 e. The molecule has 1 heterocycles. The molecule has 0 aromatic carbocycles. The number of rotatable bonds is 2. The van der Waals surface area contributed by atoms with Crippen molar-refractivity contribution in [1.29, 1.82) is 5.26 Å². The van der Waals surface area contributed by atoms with Gasteiger partial charge < -0.3 is 5.32 Å². The van der Waals surface area contributed by atoms with Crippen LogP contribution in [-0.2, 0) is 0 Å². The highest BCUT2D eigenvalue weighted by Gasteiger charge is 2.10. The Hall–Kier alpha value is -0.550. The summed E-state index contributed by atoms with van der Waals surface area (Å²) in [6.07, 6.45) is 5.72. The number of hydrogen-bond donors (Lipinski definition) is 1. The molecular formula is C9H16N2. The molecule has 0 spiro atoms. The number of nitrogens with one attached hydrogen (secondary N) is 1. The van der Waals surface area contributed by atoms with Gasteiger partial charge in [-0.1, -0.05) is 0 Å². The fourth-order valence-electron chi connectivity index (χ4n) is 1.65. The van der Waals surface area contributed by atoms with E-state index in [1.807, 2.05) is 0 Å². The van der Waals surface area contributed by atoms with Crippen LogP contribution in [0.2, 0.25) is 0 Å². The normalized spacial score (nSPS) is 25.5. The van der Waals surface area contributed by atoms with E-state index in [4.69, 9.17) is 5.26 Å². The lowest BCUT2D eigenvalue weighted by molar-refractivity contribution is 0.444. The van der Waals surface area contributed by atoms with Crippen molar-refractivity contribution in [3.8, 4) is 6.07 Å². The van der Waals surface area contributed by atoms with Crippen LogP contribution in [0.1, 0.15) is 32.1 Å². The zero-order chi connectivity index (χ0) is 7.94. The molecule has 1 unspecified atom stereocenters. The third kappa shape index (κ3) is 3.38. The zero-order valence-electron chi connectivity index (χ0n) is 6.97. The minimum absolute atomic E-state index is 0.741. The van der Waals surface area contributed by atoms with Crippen LogP contribution in [-0.4, -0.2) is 13.1 Å². The summed E-state index contributed by atoms with van der Waals surface area (Å²) in [5, 5.41) is 11.8. The van der Waals surface area contributed by atoms with Gasteiger partial charge >= 0.3 is 0 Å². The van der Waals surface area contributed by atoms with Crippen LogP contribution in [0.15, 0.2) is 0 Å². The molecule has 0 aromatic rings. The van der Waals surface area contributed by atoms with Crippen molar-refractivity contribution in [3.05, 3.63) is 0 Å². The van der Waals surface area contributed by atoms with E-state index in [-0.39, 0.29) is 0 Å². The molecule has 1 fully saturated rings. The quantitative estimate of drug-likeness (QED) is 0.653. The van der Waals surface area contributed by atoms with E-state index >= 15 is 0 Å². The lowest BCUT2D eigenvalue weighted by Gasteiger charge is -2.09. The average Bonchev–Trinajstić information content (AvgIpc) is 2.28. The molecule has 2 nitrogen and oxygen atoms in total. The summed E-state index contributed by atoms with van der Waals surface area (Å²) in [6, 6.07) is 2.21. The van der Waals surface area contributed by atoms with E-state index in [2.05, 4.69) is 11.4 Å². The molecular weight excluding hydrogens is 136 g/mol. The smallest absolute Gasteiger partial charge is 0.0621 e. The van der Waals surface area contributed by atoms with E-state index in [0.717, 1.165) is 25.3 Å². The monoisotopic (exact) mass is 152 g/mol. The van der Waals surface area contributed by atoms with E-state index in [9.17, 15) is 0 Å². The van der Waals surface area contributed by atoms with Crippen LogP contribution in [0.3, 0.4) is 0 Å². The Bertz CT molecular complexity index is 129. The second kappa shape index (κ2) is 5.15.